The average molecular weight is 451 g/mol. The first-order valence-corrected chi connectivity index (χ1v) is 9.10. The van der Waals surface area contributed by atoms with Crippen molar-refractivity contribution >= 4 is 17.2 Å². The molecule has 0 unspecified atom stereocenters. The van der Waals surface area contributed by atoms with E-state index in [2.05, 4.69) is 5.32 Å². The van der Waals surface area contributed by atoms with E-state index in [1.807, 2.05) is 0 Å². The maximum absolute atomic E-state index is 12.9. The normalized spacial score (nSPS) is 11.7. The van der Waals surface area contributed by atoms with E-state index in [4.69, 9.17) is 0 Å². The minimum Gasteiger partial charge on any atom is -0.508 e. The number of aromatic hydroxyl groups is 1. The zero-order chi connectivity index (χ0) is 23.5. The lowest BCUT2D eigenvalue weighted by Gasteiger charge is -2.13. The maximum Gasteiger partial charge on any atom is 0.416 e. The molecule has 0 aliphatic rings. The lowest BCUT2D eigenvalue weighted by atomic mass is 9.95. The molecule has 0 heterocycles. The van der Waals surface area contributed by atoms with Crippen LogP contribution >= 0.6 is 0 Å². The smallest absolute Gasteiger partial charge is 0.416 e. The minimum atomic E-state index is -4.56. The van der Waals surface area contributed by atoms with E-state index in [0.29, 0.717) is 5.69 Å². The molecule has 0 spiro atoms. The molecule has 0 radical (unpaired) electrons. The van der Waals surface area contributed by atoms with Gasteiger partial charge in [0, 0.05) is 11.8 Å². The largest absolute Gasteiger partial charge is 0.508 e. The van der Waals surface area contributed by atoms with Crippen LogP contribution in [0, 0.1) is 0 Å². The van der Waals surface area contributed by atoms with Gasteiger partial charge in [-0.1, -0.05) is 24.3 Å². The molecule has 3 rings (SSSR count). The number of alkyl halides is 6. The van der Waals surface area contributed by atoms with Crippen LogP contribution in [0.5, 0.6) is 5.75 Å². The Kier molecular flexibility index (Phi) is 6.29. The Morgan fingerprint density at radius 1 is 0.688 bits per heavy atom. The zero-order valence-electron chi connectivity index (χ0n) is 16.1. The highest BCUT2D eigenvalue weighted by molar-refractivity contribution is 6.06. The lowest BCUT2D eigenvalue weighted by molar-refractivity contribution is -0.138. The number of benzene rings is 3. The van der Waals surface area contributed by atoms with Crippen LogP contribution in [0.4, 0.5) is 32.0 Å². The van der Waals surface area contributed by atoms with Crippen LogP contribution in [0.3, 0.4) is 0 Å². The Morgan fingerprint density at radius 2 is 1.09 bits per heavy atom. The van der Waals surface area contributed by atoms with Crippen molar-refractivity contribution in [2.24, 2.45) is 0 Å². The quantitative estimate of drug-likeness (QED) is 0.270. The molecule has 3 aromatic carbocycles. The van der Waals surface area contributed by atoms with Crippen LogP contribution in [-0.4, -0.2) is 11.0 Å². The Morgan fingerprint density at radius 3 is 1.47 bits per heavy atom. The molecule has 3 nitrogen and oxygen atoms in total. The zero-order valence-corrected chi connectivity index (χ0v) is 16.1. The highest BCUT2D eigenvalue weighted by atomic mass is 19.4. The molecule has 0 aliphatic carbocycles. The fourth-order valence-corrected chi connectivity index (χ4v) is 2.87. The molecule has 0 atom stereocenters. The van der Waals surface area contributed by atoms with E-state index in [1.165, 1.54) is 24.3 Å². The summed E-state index contributed by atoms with van der Waals surface area (Å²) in [6.45, 7) is 0. The molecule has 0 aliphatic heterocycles. The van der Waals surface area contributed by atoms with Gasteiger partial charge in [0.2, 0.25) is 5.91 Å². The number of carbonyl (C=O) groups is 1. The number of anilines is 1. The number of hydrogen-bond donors (Lipinski definition) is 2. The summed E-state index contributed by atoms with van der Waals surface area (Å²) in [4.78, 5) is 12.5. The van der Waals surface area contributed by atoms with Crippen molar-refractivity contribution in [1.82, 2.24) is 0 Å². The van der Waals surface area contributed by atoms with Crippen molar-refractivity contribution in [2.75, 3.05) is 5.32 Å². The molecular weight excluding hydrogens is 436 g/mol. The van der Waals surface area contributed by atoms with Crippen molar-refractivity contribution < 1.29 is 36.2 Å². The third kappa shape index (κ3) is 5.69. The summed E-state index contributed by atoms with van der Waals surface area (Å²) in [6, 6.07) is 13.4. The first-order chi connectivity index (χ1) is 14.9. The molecule has 0 aromatic heterocycles. The topological polar surface area (TPSA) is 49.3 Å². The molecule has 9 heteroatoms. The van der Waals surface area contributed by atoms with Gasteiger partial charge in [-0.05, 0) is 65.2 Å². The molecule has 1 amide bonds. The van der Waals surface area contributed by atoms with Crippen molar-refractivity contribution in [2.45, 2.75) is 12.4 Å². The maximum atomic E-state index is 12.9. The van der Waals surface area contributed by atoms with Crippen LogP contribution < -0.4 is 5.32 Å². The summed E-state index contributed by atoms with van der Waals surface area (Å²) >= 11 is 0. The highest BCUT2D eigenvalue weighted by Crippen LogP contribution is 2.33. The standard InChI is InChI=1S/C23H15F6NO2/c24-22(25,26)16-5-1-14(2-6-16)20(15-3-7-17(8-4-15)23(27,28)29)13-21(32)30-18-9-11-19(31)12-10-18/h1-13,31H,(H,30,32). The second kappa shape index (κ2) is 8.78. The predicted octanol–water partition coefficient (Wildman–Crippen LogP) is 6.50. The number of phenolic OH excluding ortho intramolecular Hbond substituents is 1. The summed E-state index contributed by atoms with van der Waals surface area (Å²) in [5.74, 6) is -0.681. The number of phenols is 1. The summed E-state index contributed by atoms with van der Waals surface area (Å²) in [5, 5.41) is 11.8. The fourth-order valence-electron chi connectivity index (χ4n) is 2.87. The molecule has 0 saturated heterocycles. The van der Waals surface area contributed by atoms with E-state index in [-0.39, 0.29) is 22.4 Å². The number of halogens is 6. The van der Waals surface area contributed by atoms with Crippen LogP contribution in [-0.2, 0) is 17.1 Å². The molecule has 0 saturated carbocycles. The summed E-state index contributed by atoms with van der Waals surface area (Å²) in [6.07, 6.45) is -8.04. The molecule has 166 valence electrons. The number of rotatable bonds is 4. The second-order valence-electron chi connectivity index (χ2n) is 6.74. The van der Waals surface area contributed by atoms with Gasteiger partial charge in [-0.25, -0.2) is 0 Å². The Hall–Kier alpha value is -3.75. The van der Waals surface area contributed by atoms with Gasteiger partial charge in [0.15, 0.2) is 0 Å². The number of amides is 1. The van der Waals surface area contributed by atoms with Gasteiger partial charge in [0.25, 0.3) is 0 Å². The van der Waals surface area contributed by atoms with Crippen molar-refractivity contribution in [3.05, 3.63) is 101 Å². The van der Waals surface area contributed by atoms with Crippen molar-refractivity contribution in [1.29, 1.82) is 0 Å². The highest BCUT2D eigenvalue weighted by Gasteiger charge is 2.31. The van der Waals surface area contributed by atoms with Gasteiger partial charge < -0.3 is 10.4 Å². The van der Waals surface area contributed by atoms with E-state index >= 15 is 0 Å². The molecular formula is C23H15F6NO2. The van der Waals surface area contributed by atoms with Crippen LogP contribution in [0.15, 0.2) is 78.9 Å². The van der Waals surface area contributed by atoms with Gasteiger partial charge in [-0.15, -0.1) is 0 Å². The predicted molar refractivity (Wildman–Crippen MR) is 107 cm³/mol. The number of carbonyl (C=O) groups excluding carboxylic acids is 1. The first kappa shape index (κ1) is 22.9. The van der Waals surface area contributed by atoms with E-state index in [0.717, 1.165) is 54.6 Å². The number of nitrogens with one attached hydrogen (secondary N) is 1. The first-order valence-electron chi connectivity index (χ1n) is 9.10. The van der Waals surface area contributed by atoms with Gasteiger partial charge in [0.05, 0.1) is 11.1 Å². The summed E-state index contributed by atoms with van der Waals surface area (Å²) in [5.41, 5.74) is -0.924. The summed E-state index contributed by atoms with van der Waals surface area (Å²) < 4.78 is 77.3. The van der Waals surface area contributed by atoms with Gasteiger partial charge >= 0.3 is 12.4 Å². The molecule has 32 heavy (non-hydrogen) atoms. The molecule has 3 aromatic rings. The Balaban J connectivity index is 1.99. The summed E-state index contributed by atoms with van der Waals surface area (Å²) in [7, 11) is 0. The van der Waals surface area contributed by atoms with Gasteiger partial charge in [0.1, 0.15) is 5.75 Å². The third-order valence-corrected chi connectivity index (χ3v) is 4.46. The Labute approximate surface area is 178 Å². The van der Waals surface area contributed by atoms with Crippen molar-refractivity contribution in [3.63, 3.8) is 0 Å². The molecule has 0 fully saturated rings. The monoisotopic (exact) mass is 451 g/mol. The van der Waals surface area contributed by atoms with E-state index < -0.39 is 29.4 Å². The van der Waals surface area contributed by atoms with Crippen LogP contribution in [0.25, 0.3) is 5.57 Å². The van der Waals surface area contributed by atoms with E-state index in [1.54, 1.807) is 0 Å². The molecule has 2 N–H and O–H groups in total. The molecule has 0 bridgehead atoms. The second-order valence-corrected chi connectivity index (χ2v) is 6.74. The third-order valence-electron chi connectivity index (χ3n) is 4.46. The lowest BCUT2D eigenvalue weighted by Crippen LogP contribution is -2.10. The van der Waals surface area contributed by atoms with Gasteiger partial charge in [-0.3, -0.25) is 4.79 Å². The van der Waals surface area contributed by atoms with Crippen LogP contribution in [0.1, 0.15) is 22.3 Å². The van der Waals surface area contributed by atoms with E-state index in [9.17, 15) is 36.2 Å². The Bertz CT molecular complexity index is 1050. The SMILES string of the molecule is O=C(C=C(c1ccc(C(F)(F)F)cc1)c1ccc(C(F)(F)F)cc1)Nc1ccc(O)cc1. The minimum absolute atomic E-state index is 0.0197. The average Bonchev–Trinajstić information content (AvgIpc) is 2.73. The number of hydrogen-bond acceptors (Lipinski definition) is 2. The fraction of sp³-hybridized carbons (Fsp3) is 0.0870. The van der Waals surface area contributed by atoms with Crippen molar-refractivity contribution in [3.8, 4) is 5.75 Å². The van der Waals surface area contributed by atoms with Crippen LogP contribution in [0.2, 0.25) is 0 Å². The van der Waals surface area contributed by atoms with Gasteiger partial charge in [-0.2, -0.15) is 26.3 Å².